The van der Waals surface area contributed by atoms with Crippen LogP contribution in [0.3, 0.4) is 0 Å². The number of amides is 3. The van der Waals surface area contributed by atoms with Gasteiger partial charge >= 0.3 is 0 Å². The van der Waals surface area contributed by atoms with Crippen LogP contribution >= 0.6 is 0 Å². The highest BCUT2D eigenvalue weighted by molar-refractivity contribution is 6.18. The van der Waals surface area contributed by atoms with E-state index in [1.807, 2.05) is 30.3 Å². The summed E-state index contributed by atoms with van der Waals surface area (Å²) in [6, 6.07) is 15.9. The molecular formula is C22H24N2O4. The van der Waals surface area contributed by atoms with E-state index < -0.39 is 23.6 Å². The van der Waals surface area contributed by atoms with Crippen LogP contribution in [0.5, 0.6) is 0 Å². The maximum Gasteiger partial charge on any atom is 0.285 e. The summed E-state index contributed by atoms with van der Waals surface area (Å²) in [5.74, 6) is -2.71. The number of nitrogens with zero attached hydrogens (tertiary/aromatic N) is 1. The van der Waals surface area contributed by atoms with Gasteiger partial charge < -0.3 is 5.32 Å². The first-order valence-electron chi connectivity index (χ1n) is 9.55. The lowest BCUT2D eigenvalue weighted by molar-refractivity contribution is -0.177. The van der Waals surface area contributed by atoms with Crippen LogP contribution in [-0.4, -0.2) is 29.3 Å². The third kappa shape index (κ3) is 4.28. The van der Waals surface area contributed by atoms with Crippen molar-refractivity contribution in [2.75, 3.05) is 6.54 Å². The van der Waals surface area contributed by atoms with Crippen LogP contribution in [0.4, 0.5) is 0 Å². The molecule has 1 aliphatic rings. The fourth-order valence-corrected chi connectivity index (χ4v) is 3.18. The summed E-state index contributed by atoms with van der Waals surface area (Å²) in [6.07, 6.45) is 2.88. The van der Waals surface area contributed by atoms with Crippen molar-refractivity contribution in [3.05, 3.63) is 71.3 Å². The van der Waals surface area contributed by atoms with E-state index in [1.165, 1.54) is 0 Å². The number of imide groups is 1. The molecule has 0 aromatic heterocycles. The average Bonchev–Trinajstić information content (AvgIpc) is 2.72. The molecule has 3 amide bonds. The molecule has 3 rings (SSSR count). The van der Waals surface area contributed by atoms with Gasteiger partial charge in [0, 0.05) is 12.1 Å². The largest absolute Gasteiger partial charge is 0.355 e. The highest BCUT2D eigenvalue weighted by Gasteiger charge is 2.43. The zero-order valence-corrected chi connectivity index (χ0v) is 15.9. The summed E-state index contributed by atoms with van der Waals surface area (Å²) in [4.78, 5) is 44.0. The molecule has 6 nitrogen and oxygen atoms in total. The molecule has 1 aliphatic heterocycles. The molecular weight excluding hydrogens is 356 g/mol. The first kappa shape index (κ1) is 19.8. The van der Waals surface area contributed by atoms with Gasteiger partial charge in [-0.05, 0) is 23.6 Å². The van der Waals surface area contributed by atoms with E-state index in [4.69, 9.17) is 4.84 Å². The van der Waals surface area contributed by atoms with Crippen LogP contribution in [0.1, 0.15) is 53.6 Å². The summed E-state index contributed by atoms with van der Waals surface area (Å²) in [5.41, 5.74) is 1.55. The fraction of sp³-hybridized carbons (Fsp3) is 0.318. The molecule has 0 radical (unpaired) electrons. The quantitative estimate of drug-likeness (QED) is 0.434. The van der Waals surface area contributed by atoms with E-state index in [0.29, 0.717) is 17.7 Å². The molecule has 146 valence electrons. The summed E-state index contributed by atoms with van der Waals surface area (Å²) >= 11 is 0. The molecule has 0 bridgehead atoms. The number of hydrogen-bond acceptors (Lipinski definition) is 4. The van der Waals surface area contributed by atoms with E-state index in [9.17, 15) is 14.4 Å². The lowest BCUT2D eigenvalue weighted by atomic mass is 9.88. The molecule has 2 aromatic rings. The van der Waals surface area contributed by atoms with Gasteiger partial charge in [0.1, 0.15) is 12.5 Å². The molecule has 1 unspecified atom stereocenters. The molecule has 1 atom stereocenters. The van der Waals surface area contributed by atoms with E-state index in [0.717, 1.165) is 29.9 Å². The summed E-state index contributed by atoms with van der Waals surface area (Å²) < 4.78 is 0. The van der Waals surface area contributed by atoms with Gasteiger partial charge in [0.25, 0.3) is 11.8 Å². The predicted octanol–water partition coefficient (Wildman–Crippen LogP) is 3.19. The zero-order chi connectivity index (χ0) is 19.9. The topological polar surface area (TPSA) is 75.7 Å². The molecule has 0 saturated heterocycles. The summed E-state index contributed by atoms with van der Waals surface area (Å²) in [5, 5.41) is 3.54. The number of unbranched alkanes of at least 4 members (excludes halogenated alkanes) is 2. The number of rotatable bonds is 8. The Labute approximate surface area is 164 Å². The van der Waals surface area contributed by atoms with E-state index >= 15 is 0 Å². The standard InChI is InChI=1S/C22H24N2O4/c1-2-3-9-14-23-20(25)19-17-12-7-8-13-18(17)21(26)24(22(19)27)28-15-16-10-5-4-6-11-16/h4-8,10-13,19H,2-3,9,14-15H2,1H3,(H,23,25). The first-order valence-corrected chi connectivity index (χ1v) is 9.55. The Morgan fingerprint density at radius 2 is 1.75 bits per heavy atom. The normalized spacial score (nSPS) is 16.0. The zero-order valence-electron chi connectivity index (χ0n) is 15.9. The number of nitrogens with one attached hydrogen (secondary N) is 1. The number of hydrogen-bond donors (Lipinski definition) is 1. The number of benzene rings is 2. The van der Waals surface area contributed by atoms with Crippen molar-refractivity contribution < 1.29 is 19.2 Å². The molecule has 6 heteroatoms. The molecule has 0 spiro atoms. The lowest BCUT2D eigenvalue weighted by Crippen LogP contribution is -2.49. The Hall–Kier alpha value is -2.99. The van der Waals surface area contributed by atoms with Gasteiger partial charge in [0.2, 0.25) is 5.91 Å². The van der Waals surface area contributed by atoms with Gasteiger partial charge in [-0.3, -0.25) is 19.2 Å². The first-order chi connectivity index (χ1) is 13.6. The van der Waals surface area contributed by atoms with Crippen molar-refractivity contribution in [3.8, 4) is 0 Å². The highest BCUT2D eigenvalue weighted by Crippen LogP contribution is 2.30. The van der Waals surface area contributed by atoms with Crippen molar-refractivity contribution >= 4 is 17.7 Å². The van der Waals surface area contributed by atoms with E-state index in [2.05, 4.69) is 12.2 Å². The van der Waals surface area contributed by atoms with Crippen LogP contribution in [0.15, 0.2) is 54.6 Å². The van der Waals surface area contributed by atoms with Crippen LogP contribution < -0.4 is 5.32 Å². The number of carbonyl (C=O) groups is 3. The van der Waals surface area contributed by atoms with E-state index in [-0.39, 0.29) is 6.61 Å². The minimum Gasteiger partial charge on any atom is -0.355 e. The minimum absolute atomic E-state index is 0.0608. The molecule has 0 saturated carbocycles. The second-order valence-corrected chi connectivity index (χ2v) is 6.72. The van der Waals surface area contributed by atoms with E-state index in [1.54, 1.807) is 24.3 Å². The third-order valence-electron chi connectivity index (χ3n) is 4.68. The van der Waals surface area contributed by atoms with Gasteiger partial charge in [-0.1, -0.05) is 68.3 Å². The molecule has 28 heavy (non-hydrogen) atoms. The molecule has 1 N–H and O–H groups in total. The molecule has 1 heterocycles. The van der Waals surface area contributed by atoms with Crippen LogP contribution in [0.25, 0.3) is 0 Å². The Morgan fingerprint density at radius 1 is 1.04 bits per heavy atom. The van der Waals surface area contributed by atoms with Gasteiger partial charge in [-0.2, -0.15) is 0 Å². The van der Waals surface area contributed by atoms with Crippen LogP contribution in [-0.2, 0) is 21.0 Å². The van der Waals surface area contributed by atoms with Crippen LogP contribution in [0, 0.1) is 0 Å². The Balaban J connectivity index is 1.80. The van der Waals surface area contributed by atoms with Crippen LogP contribution in [0.2, 0.25) is 0 Å². The Bertz CT molecular complexity index is 851. The second-order valence-electron chi connectivity index (χ2n) is 6.72. The maximum absolute atomic E-state index is 13.0. The predicted molar refractivity (Wildman–Crippen MR) is 104 cm³/mol. The monoisotopic (exact) mass is 380 g/mol. The molecule has 2 aromatic carbocycles. The number of fused-ring (bicyclic) bond motifs is 1. The summed E-state index contributed by atoms with van der Waals surface area (Å²) in [7, 11) is 0. The summed E-state index contributed by atoms with van der Waals surface area (Å²) in [6.45, 7) is 2.64. The highest BCUT2D eigenvalue weighted by atomic mass is 16.7. The van der Waals surface area contributed by atoms with Gasteiger partial charge in [0.15, 0.2) is 0 Å². The third-order valence-corrected chi connectivity index (χ3v) is 4.68. The van der Waals surface area contributed by atoms with Gasteiger partial charge in [-0.25, -0.2) is 0 Å². The smallest absolute Gasteiger partial charge is 0.285 e. The molecule has 0 aliphatic carbocycles. The Kier molecular flexibility index (Phi) is 6.55. The number of hydroxylamine groups is 2. The SMILES string of the molecule is CCCCCNC(=O)C1C(=O)N(OCc2ccccc2)C(=O)c2ccccc21. The fourth-order valence-electron chi connectivity index (χ4n) is 3.18. The van der Waals surface area contributed by atoms with Crippen molar-refractivity contribution in [1.29, 1.82) is 0 Å². The Morgan fingerprint density at radius 3 is 2.50 bits per heavy atom. The molecule has 0 fully saturated rings. The minimum atomic E-state index is -1.09. The van der Waals surface area contributed by atoms with Crippen molar-refractivity contribution in [3.63, 3.8) is 0 Å². The second kappa shape index (κ2) is 9.28. The van der Waals surface area contributed by atoms with Crippen molar-refractivity contribution in [2.24, 2.45) is 0 Å². The van der Waals surface area contributed by atoms with Gasteiger partial charge in [-0.15, -0.1) is 5.06 Å². The van der Waals surface area contributed by atoms with Gasteiger partial charge in [0.05, 0.1) is 0 Å². The van der Waals surface area contributed by atoms with Crippen molar-refractivity contribution in [1.82, 2.24) is 10.4 Å². The maximum atomic E-state index is 13.0. The van der Waals surface area contributed by atoms with Crippen molar-refractivity contribution in [2.45, 2.75) is 38.7 Å². The lowest BCUT2D eigenvalue weighted by Gasteiger charge is -2.30. The average molecular weight is 380 g/mol. The number of carbonyl (C=O) groups excluding carboxylic acids is 3.